The number of nitrogens with zero attached hydrogens (tertiary/aromatic N) is 7. The number of halogens is 1. The number of carbonyl (C=O) groups excluding carboxylic acids is 3. The molecule has 3 atom stereocenters. The number of aromatic nitrogens is 5. The van der Waals surface area contributed by atoms with Gasteiger partial charge in [-0.25, -0.2) is 15.0 Å². The number of piperidine rings is 1. The first-order chi connectivity index (χ1) is 22.7. The highest BCUT2D eigenvalue weighted by molar-refractivity contribution is 9.10. The van der Waals surface area contributed by atoms with E-state index in [-0.39, 0.29) is 35.6 Å². The summed E-state index contributed by atoms with van der Waals surface area (Å²) in [5, 5.41) is 8.37. The predicted octanol–water partition coefficient (Wildman–Crippen LogP) is 5.90. The fraction of sp³-hybridized carbons (Fsp3) is 0.472. The fourth-order valence-electron chi connectivity index (χ4n) is 7.42. The average Bonchev–Trinajstić information content (AvgIpc) is 3.42. The molecule has 2 aliphatic rings. The molecule has 6 rings (SSSR count). The zero-order valence-corrected chi connectivity index (χ0v) is 30.4. The van der Waals surface area contributed by atoms with Crippen LogP contribution in [0.1, 0.15) is 74.9 Å². The lowest BCUT2D eigenvalue weighted by Crippen LogP contribution is -2.47. The average molecular weight is 716 g/mol. The summed E-state index contributed by atoms with van der Waals surface area (Å²) in [4.78, 5) is 58.7. The summed E-state index contributed by atoms with van der Waals surface area (Å²) < 4.78 is 2.25. The SMILES string of the molecule is CC(=O)c1nn(CC(=O)N2C3C[C@]3(CN(C(C)C)C(C)C)C[C@H]2C(=O)Nc2nc(Br)ccc2C)c2c(C)cc(-c3cnc(C)nc3)cc12. The molecule has 1 aliphatic carbocycles. The van der Waals surface area contributed by atoms with Gasteiger partial charge in [0.05, 0.1) is 5.52 Å². The van der Waals surface area contributed by atoms with Crippen LogP contribution in [0.25, 0.3) is 22.0 Å². The van der Waals surface area contributed by atoms with E-state index in [0.29, 0.717) is 51.3 Å². The Labute approximate surface area is 289 Å². The maximum absolute atomic E-state index is 14.4. The van der Waals surface area contributed by atoms with Crippen molar-refractivity contribution in [3.05, 3.63) is 63.9 Å². The number of carbonyl (C=O) groups is 3. The summed E-state index contributed by atoms with van der Waals surface area (Å²) in [6, 6.07) is 7.55. The van der Waals surface area contributed by atoms with Crippen molar-refractivity contribution in [1.29, 1.82) is 0 Å². The van der Waals surface area contributed by atoms with Crippen LogP contribution in [0, 0.1) is 26.2 Å². The van der Waals surface area contributed by atoms with Gasteiger partial charge in [0.15, 0.2) is 5.78 Å². The molecule has 1 aliphatic heterocycles. The molecule has 2 amide bonds. The first kappa shape index (κ1) is 33.9. The van der Waals surface area contributed by atoms with Gasteiger partial charge in [0.25, 0.3) is 0 Å². The summed E-state index contributed by atoms with van der Waals surface area (Å²) in [5.41, 5.74) is 4.23. The van der Waals surface area contributed by atoms with Crippen molar-refractivity contribution in [1.82, 2.24) is 34.5 Å². The molecule has 1 unspecified atom stereocenters. The van der Waals surface area contributed by atoms with Crippen molar-refractivity contribution in [2.45, 2.75) is 98.9 Å². The highest BCUT2D eigenvalue weighted by Crippen LogP contribution is 2.60. The Hall–Kier alpha value is -4.03. The number of hydrogen-bond acceptors (Lipinski definition) is 8. The molecule has 1 saturated heterocycles. The number of pyridine rings is 1. The van der Waals surface area contributed by atoms with E-state index in [0.717, 1.165) is 35.2 Å². The largest absolute Gasteiger partial charge is 0.325 e. The molecule has 0 bridgehead atoms. The molecule has 3 aromatic heterocycles. The Balaban J connectivity index is 1.35. The number of fused-ring (bicyclic) bond motifs is 2. The molecule has 0 spiro atoms. The lowest BCUT2D eigenvalue weighted by atomic mass is 9.97. The highest BCUT2D eigenvalue weighted by atomic mass is 79.9. The number of rotatable bonds is 10. The topological polar surface area (TPSA) is 126 Å². The molecule has 11 nitrogen and oxygen atoms in total. The number of hydrogen-bond donors (Lipinski definition) is 1. The standard InChI is InChI=1S/C36H43BrN8O3/c1-19(2)43(20(3)4)18-36-13-28(35(48)41-34-21(5)9-10-30(37)40-34)45(29(36)14-36)31(47)17-44-33-22(6)11-25(26-15-38-24(8)39-16-26)12-27(33)32(42-44)23(7)46/h9-12,15-16,19-20,28-29H,13-14,17-18H2,1-8H3,(H,40,41,48)/t28-,29?,36-/m0/s1. The molecule has 1 N–H and O–H groups in total. The van der Waals surface area contributed by atoms with Crippen LogP contribution >= 0.6 is 15.9 Å². The number of anilines is 1. The maximum atomic E-state index is 14.4. The van der Waals surface area contributed by atoms with Gasteiger partial charge >= 0.3 is 0 Å². The summed E-state index contributed by atoms with van der Waals surface area (Å²) >= 11 is 3.41. The molecule has 12 heteroatoms. The van der Waals surface area contributed by atoms with Crippen LogP contribution in [0.2, 0.25) is 0 Å². The number of amides is 2. The van der Waals surface area contributed by atoms with E-state index in [4.69, 9.17) is 0 Å². The second kappa shape index (κ2) is 12.8. The maximum Gasteiger partial charge on any atom is 0.248 e. The third-order valence-electron chi connectivity index (χ3n) is 9.90. The van der Waals surface area contributed by atoms with Crippen molar-refractivity contribution in [2.24, 2.45) is 5.41 Å². The van der Waals surface area contributed by atoms with Gasteiger partial charge in [-0.2, -0.15) is 5.10 Å². The minimum Gasteiger partial charge on any atom is -0.325 e. The number of aryl methyl sites for hydroxylation is 3. The molecule has 1 aromatic carbocycles. The van der Waals surface area contributed by atoms with Crippen molar-refractivity contribution >= 4 is 50.2 Å². The van der Waals surface area contributed by atoms with Gasteiger partial charge in [-0.3, -0.25) is 24.0 Å². The number of ketones is 1. The van der Waals surface area contributed by atoms with Gasteiger partial charge in [-0.05, 0) is 112 Å². The van der Waals surface area contributed by atoms with Crippen molar-refractivity contribution in [3.8, 4) is 11.1 Å². The second-order valence-electron chi connectivity index (χ2n) is 14.0. The normalized spacial score (nSPS) is 20.2. The van der Waals surface area contributed by atoms with Gasteiger partial charge < -0.3 is 10.2 Å². The fourth-order valence-corrected chi connectivity index (χ4v) is 7.73. The van der Waals surface area contributed by atoms with E-state index in [1.165, 1.54) is 6.92 Å². The molecule has 1 saturated carbocycles. The van der Waals surface area contributed by atoms with Gasteiger partial charge in [-0.1, -0.05) is 6.07 Å². The van der Waals surface area contributed by atoms with Crippen LogP contribution in [0.5, 0.6) is 0 Å². The number of nitrogens with one attached hydrogen (secondary N) is 1. The molecular weight excluding hydrogens is 672 g/mol. The molecule has 4 aromatic rings. The van der Waals surface area contributed by atoms with Crippen LogP contribution in [0.3, 0.4) is 0 Å². The van der Waals surface area contributed by atoms with E-state index in [1.807, 2.05) is 45.0 Å². The van der Waals surface area contributed by atoms with E-state index < -0.39 is 6.04 Å². The van der Waals surface area contributed by atoms with Gasteiger partial charge in [0, 0.05) is 60.4 Å². The summed E-state index contributed by atoms with van der Waals surface area (Å²) in [6.45, 7) is 16.6. The summed E-state index contributed by atoms with van der Waals surface area (Å²) in [5.74, 6) is 0.498. The summed E-state index contributed by atoms with van der Waals surface area (Å²) in [6.07, 6.45) is 4.93. The smallest absolute Gasteiger partial charge is 0.248 e. The van der Waals surface area contributed by atoms with Crippen LogP contribution in [-0.4, -0.2) is 82.8 Å². The third-order valence-corrected chi connectivity index (χ3v) is 10.3. The minimum absolute atomic E-state index is 0.0688. The summed E-state index contributed by atoms with van der Waals surface area (Å²) in [7, 11) is 0. The molecular formula is C36H43BrN8O3. The molecule has 0 radical (unpaired) electrons. The van der Waals surface area contributed by atoms with Crippen molar-refractivity contribution in [2.75, 3.05) is 11.9 Å². The minimum atomic E-state index is -0.666. The van der Waals surface area contributed by atoms with Crippen LogP contribution in [-0.2, 0) is 16.1 Å². The molecule has 2 fully saturated rings. The van der Waals surface area contributed by atoms with Gasteiger partial charge in [0.1, 0.15) is 34.5 Å². The van der Waals surface area contributed by atoms with Crippen LogP contribution < -0.4 is 5.32 Å². The quantitative estimate of drug-likeness (QED) is 0.159. The third kappa shape index (κ3) is 6.27. The monoisotopic (exact) mass is 714 g/mol. The van der Waals surface area contributed by atoms with Crippen LogP contribution in [0.15, 0.2) is 41.3 Å². The Kier molecular flexibility index (Phi) is 9.01. The van der Waals surface area contributed by atoms with Gasteiger partial charge in [0.2, 0.25) is 11.8 Å². The predicted molar refractivity (Wildman–Crippen MR) is 189 cm³/mol. The number of likely N-dealkylation sites (tertiary alicyclic amines) is 1. The molecule has 4 heterocycles. The molecule has 252 valence electrons. The van der Waals surface area contributed by atoms with E-state index >= 15 is 0 Å². The Morgan fingerprint density at radius 1 is 1.00 bits per heavy atom. The Bertz CT molecular complexity index is 1910. The Morgan fingerprint density at radius 3 is 2.33 bits per heavy atom. The van der Waals surface area contributed by atoms with Gasteiger partial charge in [-0.15, -0.1) is 0 Å². The van der Waals surface area contributed by atoms with Crippen LogP contribution in [0.4, 0.5) is 5.82 Å². The zero-order chi connectivity index (χ0) is 34.7. The van der Waals surface area contributed by atoms with Crippen molar-refractivity contribution in [3.63, 3.8) is 0 Å². The van der Waals surface area contributed by atoms with E-state index in [9.17, 15) is 14.4 Å². The number of benzene rings is 1. The lowest BCUT2D eigenvalue weighted by Gasteiger charge is -2.33. The zero-order valence-electron chi connectivity index (χ0n) is 28.8. The lowest BCUT2D eigenvalue weighted by molar-refractivity contribution is -0.138. The second-order valence-corrected chi connectivity index (χ2v) is 14.8. The van der Waals surface area contributed by atoms with Crippen molar-refractivity contribution < 1.29 is 14.4 Å². The first-order valence-corrected chi connectivity index (χ1v) is 17.3. The van der Waals surface area contributed by atoms with E-state index in [2.05, 4.69) is 73.9 Å². The number of Topliss-reactive ketones (excluding diaryl/α,β-unsaturated/α-hetero) is 1. The first-order valence-electron chi connectivity index (χ1n) is 16.5. The Morgan fingerprint density at radius 2 is 1.69 bits per heavy atom. The highest BCUT2D eigenvalue weighted by Gasteiger charge is 2.67. The molecule has 48 heavy (non-hydrogen) atoms. The van der Waals surface area contributed by atoms with E-state index in [1.54, 1.807) is 22.0 Å².